The summed E-state index contributed by atoms with van der Waals surface area (Å²) < 4.78 is 18.2. The maximum absolute atomic E-state index is 14.0. The molecular weight excluding hydrogens is 554 g/mol. The lowest BCUT2D eigenvalue weighted by molar-refractivity contribution is -0.115. The number of carbonyl (C=O) groups excluding carboxylic acids is 1. The number of aryl methyl sites for hydroxylation is 2. The molecule has 0 saturated carbocycles. The van der Waals surface area contributed by atoms with Crippen molar-refractivity contribution in [3.05, 3.63) is 87.4 Å². The van der Waals surface area contributed by atoms with Gasteiger partial charge in [-0.1, -0.05) is 71.0 Å². The first-order chi connectivity index (χ1) is 21.2. The van der Waals surface area contributed by atoms with E-state index in [4.69, 9.17) is 14.0 Å². The van der Waals surface area contributed by atoms with Gasteiger partial charge in [0, 0.05) is 29.2 Å². The number of amides is 1. The Bertz CT molecular complexity index is 1800. The van der Waals surface area contributed by atoms with Crippen molar-refractivity contribution in [2.75, 3.05) is 19.5 Å². The Balaban J connectivity index is 0.00000127. The number of nitrogens with one attached hydrogen (secondary N) is 1. The van der Waals surface area contributed by atoms with Crippen molar-refractivity contribution in [1.29, 1.82) is 0 Å². The molecule has 0 spiro atoms. The van der Waals surface area contributed by atoms with E-state index in [0.29, 0.717) is 51.9 Å². The van der Waals surface area contributed by atoms with Crippen molar-refractivity contribution in [3.8, 4) is 17.2 Å². The largest absolute Gasteiger partial charge is 0.493 e. The second-order valence-corrected chi connectivity index (χ2v) is 10.5. The summed E-state index contributed by atoms with van der Waals surface area (Å²) in [5, 5.41) is 8.65. The lowest BCUT2D eigenvalue weighted by atomic mass is 10.0. The molecule has 0 atom stereocenters. The number of methoxy groups -OCH3 is 2. The fraction of sp³-hybridized carbons (Fsp3) is 0.361. The highest BCUT2D eigenvalue weighted by Gasteiger charge is 2.22. The van der Waals surface area contributed by atoms with E-state index in [2.05, 4.69) is 24.3 Å². The lowest BCUT2D eigenvalue weighted by Crippen LogP contribution is -2.20. The quantitative estimate of drug-likeness (QED) is 0.193. The Morgan fingerprint density at radius 2 is 1.64 bits per heavy atom. The van der Waals surface area contributed by atoms with Crippen LogP contribution in [-0.2, 0) is 17.6 Å². The first-order valence-corrected chi connectivity index (χ1v) is 15.3. The van der Waals surface area contributed by atoms with Gasteiger partial charge in [0.2, 0.25) is 5.91 Å². The summed E-state index contributed by atoms with van der Waals surface area (Å²) in [6.45, 7) is 16.1. The molecule has 1 amide bonds. The molecule has 5 rings (SSSR count). The molecule has 2 heterocycles. The molecule has 0 saturated heterocycles. The first-order valence-electron chi connectivity index (χ1n) is 15.3. The smallest absolute Gasteiger partial charge is 0.268 e. The topological polar surface area (TPSA) is 95.6 Å². The summed E-state index contributed by atoms with van der Waals surface area (Å²) in [5.41, 5.74) is 5.05. The molecule has 44 heavy (non-hydrogen) atoms. The highest BCUT2D eigenvalue weighted by Crippen LogP contribution is 2.34. The number of carbonyl (C=O) groups is 1. The zero-order chi connectivity index (χ0) is 32.6. The van der Waals surface area contributed by atoms with Crippen molar-refractivity contribution < 1.29 is 18.8 Å². The average molecular weight is 600 g/mol. The summed E-state index contributed by atoms with van der Waals surface area (Å²) >= 11 is 0. The number of pyridine rings is 1. The van der Waals surface area contributed by atoms with Gasteiger partial charge < -0.3 is 19.3 Å². The minimum atomic E-state index is -0.189. The summed E-state index contributed by atoms with van der Waals surface area (Å²) in [4.78, 5) is 27.0. The summed E-state index contributed by atoms with van der Waals surface area (Å²) in [5.74, 6) is 1.87. The van der Waals surface area contributed by atoms with E-state index < -0.39 is 0 Å². The average Bonchev–Trinajstić information content (AvgIpc) is 3.42. The number of benzene rings is 3. The third-order valence-corrected chi connectivity index (χ3v) is 6.98. The Labute approximate surface area is 260 Å². The predicted molar refractivity (Wildman–Crippen MR) is 180 cm³/mol. The van der Waals surface area contributed by atoms with Crippen LogP contribution in [0.25, 0.3) is 27.5 Å². The summed E-state index contributed by atoms with van der Waals surface area (Å²) in [7, 11) is 3.14. The van der Waals surface area contributed by atoms with Crippen molar-refractivity contribution >= 4 is 33.4 Å². The molecule has 0 aliphatic heterocycles. The molecule has 2 aromatic heterocycles. The monoisotopic (exact) mass is 599 g/mol. The lowest BCUT2D eigenvalue weighted by Gasteiger charge is -2.15. The van der Waals surface area contributed by atoms with Crippen LogP contribution in [0.4, 0.5) is 5.69 Å². The van der Waals surface area contributed by atoms with Crippen LogP contribution in [0.15, 0.2) is 63.9 Å². The van der Waals surface area contributed by atoms with E-state index in [9.17, 15) is 9.59 Å². The van der Waals surface area contributed by atoms with Gasteiger partial charge in [-0.3, -0.25) is 14.2 Å². The van der Waals surface area contributed by atoms with Crippen molar-refractivity contribution in [2.24, 2.45) is 5.92 Å². The molecule has 5 aromatic rings. The van der Waals surface area contributed by atoms with Gasteiger partial charge >= 0.3 is 0 Å². The van der Waals surface area contributed by atoms with Gasteiger partial charge in [-0.2, -0.15) is 0 Å². The van der Waals surface area contributed by atoms with E-state index in [1.54, 1.807) is 24.9 Å². The normalized spacial score (nSPS) is 10.6. The van der Waals surface area contributed by atoms with Crippen LogP contribution >= 0.6 is 0 Å². The fourth-order valence-electron chi connectivity index (χ4n) is 5.27. The molecule has 0 unspecified atom stereocenters. The van der Waals surface area contributed by atoms with Crippen LogP contribution in [0.3, 0.4) is 0 Å². The van der Waals surface area contributed by atoms with Crippen LogP contribution in [0.1, 0.15) is 64.0 Å². The second kappa shape index (κ2) is 15.2. The van der Waals surface area contributed by atoms with Crippen molar-refractivity contribution in [3.63, 3.8) is 0 Å². The highest BCUT2D eigenvalue weighted by molar-refractivity contribution is 6.06. The van der Waals surface area contributed by atoms with Crippen molar-refractivity contribution in [2.45, 2.75) is 68.2 Å². The third-order valence-electron chi connectivity index (χ3n) is 6.98. The number of fused-ring (bicyclic) bond motifs is 3. The van der Waals surface area contributed by atoms with E-state index >= 15 is 0 Å². The predicted octanol–water partition coefficient (Wildman–Crippen LogP) is 8.20. The zero-order valence-corrected chi connectivity index (χ0v) is 27.6. The second-order valence-electron chi connectivity index (χ2n) is 10.5. The van der Waals surface area contributed by atoms with E-state index in [1.807, 2.05) is 90.1 Å². The first kappa shape index (κ1) is 33.9. The number of hydrogen-bond acceptors (Lipinski definition) is 6. The fourth-order valence-corrected chi connectivity index (χ4v) is 5.27. The molecule has 3 aromatic carbocycles. The van der Waals surface area contributed by atoms with Gasteiger partial charge in [-0.15, -0.1) is 0 Å². The Kier molecular flexibility index (Phi) is 11.7. The van der Waals surface area contributed by atoms with Crippen LogP contribution < -0.4 is 20.3 Å². The molecule has 8 heteroatoms. The van der Waals surface area contributed by atoms with Crippen LogP contribution in [0.5, 0.6) is 11.5 Å². The Hall–Kier alpha value is -4.59. The molecule has 0 fully saturated rings. The molecule has 0 aliphatic carbocycles. The number of anilines is 1. The van der Waals surface area contributed by atoms with E-state index in [0.717, 1.165) is 27.6 Å². The maximum atomic E-state index is 14.0. The SMILES string of the molecule is CC.CC.COc1cc(NC(=O)Cc2cccc(-n3c(=O)c4c(CC(C)C)onc4c4c(C)cccc43)c2)cc(C)c1OC. The van der Waals surface area contributed by atoms with Crippen molar-refractivity contribution in [1.82, 2.24) is 9.72 Å². The Morgan fingerprint density at radius 1 is 0.932 bits per heavy atom. The van der Waals surface area contributed by atoms with Crippen LogP contribution in [-0.4, -0.2) is 29.9 Å². The van der Waals surface area contributed by atoms with Crippen LogP contribution in [0, 0.1) is 19.8 Å². The van der Waals surface area contributed by atoms with Gasteiger partial charge in [0.1, 0.15) is 16.7 Å². The molecule has 8 nitrogen and oxygen atoms in total. The molecule has 1 N–H and O–H groups in total. The summed E-state index contributed by atoms with van der Waals surface area (Å²) in [6.07, 6.45) is 0.736. The van der Waals surface area contributed by atoms with E-state index in [-0.39, 0.29) is 17.9 Å². The number of aromatic nitrogens is 2. The van der Waals surface area contributed by atoms with Gasteiger partial charge in [-0.25, -0.2) is 0 Å². The number of hydrogen-bond donors (Lipinski definition) is 1. The third kappa shape index (κ3) is 6.96. The number of ether oxygens (including phenoxy) is 2. The molecule has 0 aliphatic rings. The van der Waals surface area contributed by atoms with Crippen LogP contribution in [0.2, 0.25) is 0 Å². The minimum Gasteiger partial charge on any atom is -0.493 e. The number of nitrogens with zero attached hydrogens (tertiary/aromatic N) is 2. The van der Waals surface area contributed by atoms with Gasteiger partial charge in [0.05, 0.1) is 26.2 Å². The zero-order valence-electron chi connectivity index (χ0n) is 27.6. The number of rotatable bonds is 8. The summed E-state index contributed by atoms with van der Waals surface area (Å²) in [6, 6.07) is 16.9. The Morgan fingerprint density at radius 3 is 2.30 bits per heavy atom. The molecule has 0 bridgehead atoms. The minimum absolute atomic E-state index is 0.126. The standard InChI is InChI=1S/C32H33N3O5.2C2H6/c1-18(2)13-25-29-30(34-40-25)28-19(3)9-7-12-24(28)35(32(29)37)23-11-8-10-21(15-23)16-27(36)33-22-14-20(4)31(39-6)26(17-22)38-5;2*1-2/h7-12,14-15,17-18H,13,16H2,1-6H3,(H,33,36);2*1-2H3. The van der Waals surface area contributed by atoms with Gasteiger partial charge in [0.25, 0.3) is 5.56 Å². The van der Waals surface area contributed by atoms with E-state index in [1.165, 1.54) is 0 Å². The van der Waals surface area contributed by atoms with Gasteiger partial charge in [0.15, 0.2) is 11.5 Å². The highest BCUT2D eigenvalue weighted by atomic mass is 16.5. The molecular formula is C36H45N3O5. The molecule has 234 valence electrons. The van der Waals surface area contributed by atoms with Gasteiger partial charge in [-0.05, 0) is 60.7 Å². The maximum Gasteiger partial charge on any atom is 0.268 e. The molecule has 0 radical (unpaired) electrons.